The highest BCUT2D eigenvalue weighted by Crippen LogP contribution is 2.39. The van der Waals surface area contributed by atoms with Gasteiger partial charge in [0.1, 0.15) is 18.8 Å². The van der Waals surface area contributed by atoms with Gasteiger partial charge in [-0.3, -0.25) is 14.4 Å². The van der Waals surface area contributed by atoms with Gasteiger partial charge in [0.25, 0.3) is 0 Å². The van der Waals surface area contributed by atoms with Crippen LogP contribution < -0.4 is 4.90 Å². The third-order valence-corrected chi connectivity index (χ3v) is 7.26. The van der Waals surface area contributed by atoms with Crippen molar-refractivity contribution in [1.29, 1.82) is 0 Å². The lowest BCUT2D eigenvalue weighted by Gasteiger charge is -2.41. The largest absolute Gasteiger partial charge is 0.463 e. The summed E-state index contributed by atoms with van der Waals surface area (Å²) >= 11 is 1.87. The number of rotatable bonds is 14. The first kappa shape index (κ1) is 28.7. The van der Waals surface area contributed by atoms with Crippen molar-refractivity contribution in [3.05, 3.63) is 65.2 Å². The molecule has 37 heavy (non-hydrogen) atoms. The third-order valence-electron chi connectivity index (χ3n) is 6.56. The fourth-order valence-corrected chi connectivity index (χ4v) is 4.84. The summed E-state index contributed by atoms with van der Waals surface area (Å²) in [6.07, 6.45) is 6.79. The molecule has 1 N–H and O–H groups in total. The molecule has 0 spiro atoms. The third kappa shape index (κ3) is 8.61. The number of anilines is 1. The molecule has 2 aromatic rings. The molecule has 1 fully saturated rings. The highest BCUT2D eigenvalue weighted by Gasteiger charge is 2.38. The van der Waals surface area contributed by atoms with Gasteiger partial charge in [-0.1, -0.05) is 36.4 Å². The summed E-state index contributed by atoms with van der Waals surface area (Å²) in [6, 6.07) is 16.3. The molecule has 0 aliphatic carbocycles. The number of ether oxygens (including phenoxy) is 2. The van der Waals surface area contributed by atoms with Crippen molar-refractivity contribution in [1.82, 2.24) is 0 Å². The van der Waals surface area contributed by atoms with Crippen LogP contribution in [0.3, 0.4) is 0 Å². The Kier molecular flexibility index (Phi) is 10.6. The van der Waals surface area contributed by atoms with E-state index in [0.29, 0.717) is 12.8 Å². The van der Waals surface area contributed by atoms with Crippen LogP contribution in [-0.2, 0) is 36.7 Å². The minimum absolute atomic E-state index is 0.00107. The van der Waals surface area contributed by atoms with E-state index in [4.69, 9.17) is 9.47 Å². The summed E-state index contributed by atoms with van der Waals surface area (Å²) in [5.74, 6) is 0.282. The van der Waals surface area contributed by atoms with E-state index in [1.165, 1.54) is 38.0 Å². The Hall–Kier alpha value is -2.84. The van der Waals surface area contributed by atoms with Crippen LogP contribution in [0.2, 0.25) is 0 Å². The number of β-lactam (4-membered cyclic amide) rings is 1. The van der Waals surface area contributed by atoms with Crippen molar-refractivity contribution in [2.24, 2.45) is 0 Å². The standard InChI is InChI=1S/C29H37NO6S/c1-21(31)35-19-29(34,20-36-22(2)32)16-15-24-7-11-25(12-8-24)27-18-28(33)30(27)26-13-9-23(10-14-26)6-4-5-17-37-3/h7-14,27,34H,4-6,15-20H2,1-3H3. The van der Waals surface area contributed by atoms with E-state index in [-0.39, 0.29) is 31.6 Å². The van der Waals surface area contributed by atoms with E-state index in [9.17, 15) is 19.5 Å². The first-order valence-electron chi connectivity index (χ1n) is 12.7. The van der Waals surface area contributed by atoms with Crippen LogP contribution in [0.1, 0.15) is 62.3 Å². The van der Waals surface area contributed by atoms with E-state index in [2.05, 4.69) is 18.4 Å². The number of amides is 1. The van der Waals surface area contributed by atoms with Crippen LogP contribution >= 0.6 is 11.8 Å². The van der Waals surface area contributed by atoms with Gasteiger partial charge >= 0.3 is 11.9 Å². The summed E-state index contributed by atoms with van der Waals surface area (Å²) in [5, 5.41) is 10.8. The van der Waals surface area contributed by atoms with Crippen LogP contribution in [0.4, 0.5) is 5.69 Å². The maximum absolute atomic E-state index is 12.5. The van der Waals surface area contributed by atoms with E-state index in [0.717, 1.165) is 23.2 Å². The maximum Gasteiger partial charge on any atom is 0.302 e. The Balaban J connectivity index is 1.59. The van der Waals surface area contributed by atoms with E-state index >= 15 is 0 Å². The lowest BCUT2D eigenvalue weighted by molar-refractivity contribution is -0.161. The fraction of sp³-hybridized carbons (Fsp3) is 0.483. The minimum Gasteiger partial charge on any atom is -0.463 e. The number of unbranched alkanes of at least 4 members (excludes halogenated alkanes) is 1. The first-order valence-corrected chi connectivity index (χ1v) is 14.1. The molecule has 0 radical (unpaired) electrons. The number of thioether (sulfide) groups is 1. The number of carbonyl (C=O) groups excluding carboxylic acids is 3. The molecule has 1 aliphatic heterocycles. The number of aliphatic hydroxyl groups is 1. The van der Waals surface area contributed by atoms with Crippen molar-refractivity contribution < 1.29 is 29.0 Å². The molecule has 7 nitrogen and oxygen atoms in total. The fourth-order valence-electron chi connectivity index (χ4n) is 4.35. The SMILES string of the molecule is CSCCCCc1ccc(N2C(=O)CC2c2ccc(CCC(O)(COC(C)=O)COC(C)=O)cc2)cc1. The summed E-state index contributed by atoms with van der Waals surface area (Å²) in [5.41, 5.74) is 2.78. The van der Waals surface area contributed by atoms with Crippen molar-refractivity contribution in [2.45, 2.75) is 64.0 Å². The molecule has 0 saturated carbocycles. The molecule has 0 aromatic heterocycles. The Morgan fingerprint density at radius 3 is 2.05 bits per heavy atom. The van der Waals surface area contributed by atoms with Gasteiger partial charge in [0, 0.05) is 19.5 Å². The van der Waals surface area contributed by atoms with E-state index < -0.39 is 17.5 Å². The Morgan fingerprint density at radius 1 is 0.946 bits per heavy atom. The Bertz CT molecular complexity index is 1040. The van der Waals surface area contributed by atoms with Crippen molar-refractivity contribution in [3.63, 3.8) is 0 Å². The van der Waals surface area contributed by atoms with Crippen LogP contribution in [0.15, 0.2) is 48.5 Å². The normalized spacial score (nSPS) is 15.3. The number of benzene rings is 2. The minimum atomic E-state index is -1.46. The van der Waals surface area contributed by atoms with Crippen molar-refractivity contribution in [2.75, 3.05) is 30.1 Å². The van der Waals surface area contributed by atoms with Gasteiger partial charge in [-0.2, -0.15) is 11.8 Å². The molecule has 1 aliphatic rings. The van der Waals surface area contributed by atoms with E-state index in [1.807, 2.05) is 53.1 Å². The lowest BCUT2D eigenvalue weighted by atomic mass is 9.90. The number of carbonyl (C=O) groups is 3. The second-order valence-electron chi connectivity index (χ2n) is 9.63. The highest BCUT2D eigenvalue weighted by molar-refractivity contribution is 7.98. The van der Waals surface area contributed by atoms with Gasteiger partial charge in [0.05, 0.1) is 12.5 Å². The Morgan fingerprint density at radius 2 is 1.51 bits per heavy atom. The van der Waals surface area contributed by atoms with Gasteiger partial charge < -0.3 is 19.5 Å². The first-order chi connectivity index (χ1) is 17.7. The topological polar surface area (TPSA) is 93.1 Å². The molecule has 2 aromatic carbocycles. The zero-order chi connectivity index (χ0) is 26.8. The lowest BCUT2D eigenvalue weighted by Crippen LogP contribution is -2.46. The average Bonchev–Trinajstić information content (AvgIpc) is 2.87. The predicted octanol–water partition coefficient (Wildman–Crippen LogP) is 4.64. The smallest absolute Gasteiger partial charge is 0.302 e. The molecule has 0 bridgehead atoms. The Labute approximate surface area is 223 Å². The summed E-state index contributed by atoms with van der Waals surface area (Å²) in [6.45, 7) is 2.04. The average molecular weight is 528 g/mol. The molecule has 3 rings (SSSR count). The molecular formula is C29H37NO6S. The van der Waals surface area contributed by atoms with Crippen LogP contribution in [-0.4, -0.2) is 53.8 Å². The zero-order valence-electron chi connectivity index (χ0n) is 21.9. The zero-order valence-corrected chi connectivity index (χ0v) is 22.7. The summed E-state index contributed by atoms with van der Waals surface area (Å²) in [4.78, 5) is 36.7. The second-order valence-corrected chi connectivity index (χ2v) is 10.6. The number of hydrogen-bond donors (Lipinski definition) is 1. The van der Waals surface area contributed by atoms with E-state index in [1.54, 1.807) is 0 Å². The molecule has 1 unspecified atom stereocenters. The van der Waals surface area contributed by atoms with Gasteiger partial charge in [0.15, 0.2) is 0 Å². The van der Waals surface area contributed by atoms with Gasteiger partial charge in [-0.05, 0) is 72.9 Å². The molecule has 8 heteroatoms. The second kappa shape index (κ2) is 13.6. The molecule has 200 valence electrons. The van der Waals surface area contributed by atoms with Crippen molar-refractivity contribution >= 4 is 35.3 Å². The van der Waals surface area contributed by atoms with Crippen LogP contribution in [0.25, 0.3) is 0 Å². The predicted molar refractivity (Wildman–Crippen MR) is 146 cm³/mol. The van der Waals surface area contributed by atoms with Gasteiger partial charge in [-0.25, -0.2) is 0 Å². The monoisotopic (exact) mass is 527 g/mol. The molecule has 1 heterocycles. The van der Waals surface area contributed by atoms with Crippen molar-refractivity contribution in [3.8, 4) is 0 Å². The van der Waals surface area contributed by atoms with Gasteiger partial charge in [-0.15, -0.1) is 0 Å². The number of esters is 2. The van der Waals surface area contributed by atoms with Crippen LogP contribution in [0.5, 0.6) is 0 Å². The molecule has 1 atom stereocenters. The quantitative estimate of drug-likeness (QED) is 0.217. The molecule has 1 amide bonds. The maximum atomic E-state index is 12.5. The van der Waals surface area contributed by atoms with Gasteiger partial charge in [0.2, 0.25) is 5.91 Å². The number of nitrogens with zero attached hydrogens (tertiary/aromatic N) is 1. The molecule has 1 saturated heterocycles. The number of hydrogen-bond acceptors (Lipinski definition) is 7. The number of aryl methyl sites for hydroxylation is 2. The highest BCUT2D eigenvalue weighted by atomic mass is 32.2. The summed E-state index contributed by atoms with van der Waals surface area (Å²) < 4.78 is 9.96. The molecular weight excluding hydrogens is 490 g/mol. The van der Waals surface area contributed by atoms with Crippen LogP contribution in [0, 0.1) is 0 Å². The summed E-state index contributed by atoms with van der Waals surface area (Å²) in [7, 11) is 0.